The van der Waals surface area contributed by atoms with Gasteiger partial charge in [0.2, 0.25) is 0 Å². The molecule has 0 amide bonds. The van der Waals surface area contributed by atoms with Crippen LogP contribution in [0.1, 0.15) is 102 Å². The molecule has 2 atom stereocenters. The lowest BCUT2D eigenvalue weighted by Gasteiger charge is -2.05. The fourth-order valence-corrected chi connectivity index (χ4v) is 3.75. The highest BCUT2D eigenvalue weighted by Gasteiger charge is 2.44. The second-order valence-electron chi connectivity index (χ2n) is 7.92. The van der Waals surface area contributed by atoms with E-state index >= 15 is 0 Å². The first kappa shape index (κ1) is 21.0. The van der Waals surface area contributed by atoms with Crippen molar-refractivity contribution in [3.05, 3.63) is 35.9 Å². The number of unbranched alkanes of at least 4 members (excludes halogenated alkanes) is 11. The standard InChI is InChI=1S/C24H38O2/c1-2-3-4-5-6-7-8-9-10-11-12-16-19-26-24(25)23-20-22(23)21-17-14-13-15-18-21/h13-15,17-18,22-23H,2-12,16,19-20H2,1H3. The molecule has 1 aromatic carbocycles. The maximum absolute atomic E-state index is 12.1. The third-order valence-corrected chi connectivity index (χ3v) is 5.56. The molecule has 1 aliphatic rings. The Hall–Kier alpha value is -1.31. The minimum Gasteiger partial charge on any atom is -0.465 e. The molecule has 0 heterocycles. The molecule has 1 saturated carbocycles. The first-order valence-corrected chi connectivity index (χ1v) is 11.0. The molecule has 2 nitrogen and oxygen atoms in total. The first-order chi connectivity index (χ1) is 12.8. The minimum atomic E-state index is 0.0157. The summed E-state index contributed by atoms with van der Waals surface area (Å²) in [6.45, 7) is 2.88. The van der Waals surface area contributed by atoms with Gasteiger partial charge in [-0.25, -0.2) is 0 Å². The van der Waals surface area contributed by atoms with Crippen molar-refractivity contribution in [3.8, 4) is 0 Å². The Labute approximate surface area is 160 Å². The maximum Gasteiger partial charge on any atom is 0.309 e. The van der Waals surface area contributed by atoms with E-state index in [1.54, 1.807) is 0 Å². The van der Waals surface area contributed by atoms with E-state index in [0.29, 0.717) is 12.5 Å². The molecule has 0 radical (unpaired) electrons. The highest BCUT2D eigenvalue weighted by molar-refractivity contribution is 5.77. The van der Waals surface area contributed by atoms with Crippen molar-refractivity contribution in [2.75, 3.05) is 6.61 Å². The SMILES string of the molecule is CCCCCCCCCCCCCCOC(=O)C1CC1c1ccccc1. The Morgan fingerprint density at radius 1 is 0.846 bits per heavy atom. The van der Waals surface area contributed by atoms with Crippen LogP contribution in [0.3, 0.4) is 0 Å². The van der Waals surface area contributed by atoms with Gasteiger partial charge in [0.1, 0.15) is 0 Å². The number of esters is 1. The van der Waals surface area contributed by atoms with Gasteiger partial charge in [-0.05, 0) is 24.3 Å². The van der Waals surface area contributed by atoms with Crippen LogP contribution in [0.2, 0.25) is 0 Å². The number of hydrogen-bond acceptors (Lipinski definition) is 2. The number of ether oxygens (including phenoxy) is 1. The van der Waals surface area contributed by atoms with Crippen molar-refractivity contribution in [2.45, 2.75) is 96.3 Å². The van der Waals surface area contributed by atoms with Gasteiger partial charge in [-0.1, -0.05) is 108 Å². The van der Waals surface area contributed by atoms with E-state index < -0.39 is 0 Å². The fourth-order valence-electron chi connectivity index (χ4n) is 3.75. The smallest absolute Gasteiger partial charge is 0.309 e. The summed E-state index contributed by atoms with van der Waals surface area (Å²) in [5, 5.41) is 0. The lowest BCUT2D eigenvalue weighted by Crippen LogP contribution is -2.09. The Bertz CT molecular complexity index is 482. The molecule has 1 fully saturated rings. The van der Waals surface area contributed by atoms with Crippen LogP contribution < -0.4 is 0 Å². The third-order valence-electron chi connectivity index (χ3n) is 5.56. The fraction of sp³-hybridized carbons (Fsp3) is 0.708. The molecule has 0 aliphatic heterocycles. The summed E-state index contributed by atoms with van der Waals surface area (Å²) in [7, 11) is 0. The van der Waals surface area contributed by atoms with Crippen LogP contribution in [-0.4, -0.2) is 12.6 Å². The summed E-state index contributed by atoms with van der Waals surface area (Å²) in [5.41, 5.74) is 1.28. The maximum atomic E-state index is 12.1. The lowest BCUT2D eigenvalue weighted by atomic mass is 10.1. The summed E-state index contributed by atoms with van der Waals surface area (Å²) in [6, 6.07) is 10.3. The van der Waals surface area contributed by atoms with E-state index in [2.05, 4.69) is 19.1 Å². The quantitative estimate of drug-likeness (QED) is 0.248. The number of rotatable bonds is 15. The van der Waals surface area contributed by atoms with E-state index in [9.17, 15) is 4.79 Å². The number of hydrogen-bond donors (Lipinski definition) is 0. The molecule has 2 unspecified atom stereocenters. The molecule has 0 spiro atoms. The van der Waals surface area contributed by atoms with Gasteiger partial charge < -0.3 is 4.74 Å². The van der Waals surface area contributed by atoms with Gasteiger partial charge in [-0.15, -0.1) is 0 Å². The Kier molecular flexibility index (Phi) is 10.5. The normalized spacial score (nSPS) is 18.7. The van der Waals surface area contributed by atoms with Crippen LogP contribution in [0.5, 0.6) is 0 Å². The molecular weight excluding hydrogens is 320 g/mol. The monoisotopic (exact) mass is 358 g/mol. The van der Waals surface area contributed by atoms with E-state index in [1.807, 2.05) is 18.2 Å². The first-order valence-electron chi connectivity index (χ1n) is 11.0. The van der Waals surface area contributed by atoms with Gasteiger partial charge in [0.15, 0.2) is 0 Å². The van der Waals surface area contributed by atoms with Gasteiger partial charge >= 0.3 is 5.97 Å². The lowest BCUT2D eigenvalue weighted by molar-refractivity contribution is -0.145. The van der Waals surface area contributed by atoms with Crippen molar-refractivity contribution < 1.29 is 9.53 Å². The van der Waals surface area contributed by atoms with Crippen molar-refractivity contribution in [1.82, 2.24) is 0 Å². The highest BCUT2D eigenvalue weighted by atomic mass is 16.5. The second-order valence-corrected chi connectivity index (χ2v) is 7.92. The molecule has 26 heavy (non-hydrogen) atoms. The van der Waals surface area contributed by atoms with Crippen LogP contribution in [0.4, 0.5) is 0 Å². The van der Waals surface area contributed by atoms with Crippen molar-refractivity contribution in [3.63, 3.8) is 0 Å². The number of benzene rings is 1. The highest BCUT2D eigenvalue weighted by Crippen LogP contribution is 2.48. The van der Waals surface area contributed by atoms with Crippen LogP contribution in [0.25, 0.3) is 0 Å². The topological polar surface area (TPSA) is 26.3 Å². The summed E-state index contributed by atoms with van der Waals surface area (Å²) in [5.74, 6) is 0.516. The Morgan fingerprint density at radius 3 is 1.96 bits per heavy atom. The summed E-state index contributed by atoms with van der Waals surface area (Å²) >= 11 is 0. The average Bonchev–Trinajstić information content (AvgIpc) is 3.47. The van der Waals surface area contributed by atoms with Gasteiger partial charge in [-0.3, -0.25) is 4.79 Å². The van der Waals surface area contributed by atoms with E-state index in [4.69, 9.17) is 4.74 Å². The van der Waals surface area contributed by atoms with Crippen LogP contribution >= 0.6 is 0 Å². The largest absolute Gasteiger partial charge is 0.465 e. The van der Waals surface area contributed by atoms with Gasteiger partial charge in [0, 0.05) is 0 Å². The molecule has 1 aliphatic carbocycles. The molecule has 0 bridgehead atoms. The average molecular weight is 359 g/mol. The van der Waals surface area contributed by atoms with Crippen LogP contribution in [-0.2, 0) is 9.53 Å². The Balaban J connectivity index is 1.36. The summed E-state index contributed by atoms with van der Waals surface area (Å²) < 4.78 is 5.47. The zero-order valence-electron chi connectivity index (χ0n) is 16.8. The molecular formula is C24H38O2. The Morgan fingerprint density at radius 2 is 1.38 bits per heavy atom. The van der Waals surface area contributed by atoms with Gasteiger partial charge in [0.05, 0.1) is 12.5 Å². The molecule has 0 saturated heterocycles. The zero-order valence-corrected chi connectivity index (χ0v) is 16.8. The molecule has 146 valence electrons. The minimum absolute atomic E-state index is 0.0157. The van der Waals surface area contributed by atoms with Crippen molar-refractivity contribution in [2.24, 2.45) is 5.92 Å². The molecule has 2 rings (SSSR count). The van der Waals surface area contributed by atoms with Crippen LogP contribution in [0.15, 0.2) is 30.3 Å². The predicted molar refractivity (Wildman–Crippen MR) is 109 cm³/mol. The number of carbonyl (C=O) groups excluding carboxylic acids is 1. The summed E-state index contributed by atoms with van der Waals surface area (Å²) in [4.78, 5) is 12.1. The van der Waals surface area contributed by atoms with Crippen LogP contribution in [0, 0.1) is 5.92 Å². The van der Waals surface area contributed by atoms with Crippen molar-refractivity contribution in [1.29, 1.82) is 0 Å². The molecule has 1 aromatic rings. The zero-order chi connectivity index (χ0) is 18.5. The van der Waals surface area contributed by atoms with E-state index in [1.165, 1.54) is 76.2 Å². The van der Waals surface area contributed by atoms with E-state index in [-0.39, 0.29) is 11.9 Å². The molecule has 0 aromatic heterocycles. The van der Waals surface area contributed by atoms with Gasteiger partial charge in [0.25, 0.3) is 0 Å². The van der Waals surface area contributed by atoms with Crippen molar-refractivity contribution >= 4 is 5.97 Å². The molecule has 0 N–H and O–H groups in total. The van der Waals surface area contributed by atoms with Gasteiger partial charge in [-0.2, -0.15) is 0 Å². The predicted octanol–water partition coefficient (Wildman–Crippen LogP) is 7.03. The summed E-state index contributed by atoms with van der Waals surface area (Å²) in [6.07, 6.45) is 17.0. The van der Waals surface area contributed by atoms with E-state index in [0.717, 1.165) is 12.8 Å². The third kappa shape index (κ3) is 8.38. The second kappa shape index (κ2) is 12.9. The number of carbonyl (C=O) groups is 1. The molecule has 2 heteroatoms.